The van der Waals surface area contributed by atoms with Crippen LogP contribution in [0.25, 0.3) is 0 Å². The van der Waals surface area contributed by atoms with Crippen LogP contribution in [0.3, 0.4) is 0 Å². The van der Waals surface area contributed by atoms with E-state index >= 15 is 0 Å². The van der Waals surface area contributed by atoms with Crippen molar-refractivity contribution in [3.8, 4) is 0 Å². The van der Waals surface area contributed by atoms with E-state index in [1.54, 1.807) is 6.92 Å². The summed E-state index contributed by atoms with van der Waals surface area (Å²) in [5.41, 5.74) is 0. The second-order valence-corrected chi connectivity index (χ2v) is 10.3. The van der Waals surface area contributed by atoms with Crippen LogP contribution in [-0.4, -0.2) is 56.2 Å². The van der Waals surface area contributed by atoms with Gasteiger partial charge in [-0.3, -0.25) is 9.59 Å². The molecule has 1 amide bonds. The maximum absolute atomic E-state index is 12.0. The molecule has 0 radical (unpaired) electrons. The molecular formula is C30H59NO6. The number of rotatable bonds is 29. The smallest absolute Gasteiger partial charge is 0.306 e. The van der Waals surface area contributed by atoms with E-state index in [4.69, 9.17) is 14.2 Å². The second kappa shape index (κ2) is 29.4. The van der Waals surface area contributed by atoms with Gasteiger partial charge in [0.1, 0.15) is 12.9 Å². The summed E-state index contributed by atoms with van der Waals surface area (Å²) >= 11 is 0. The number of nitrogens with one attached hydrogen (secondary N) is 1. The van der Waals surface area contributed by atoms with Crippen molar-refractivity contribution < 1.29 is 28.9 Å². The van der Waals surface area contributed by atoms with Crippen LogP contribution >= 0.6 is 0 Å². The van der Waals surface area contributed by atoms with Gasteiger partial charge < -0.3 is 24.6 Å². The summed E-state index contributed by atoms with van der Waals surface area (Å²) in [4.78, 5) is 22.8. The van der Waals surface area contributed by atoms with Gasteiger partial charge in [0.15, 0.2) is 0 Å². The van der Waals surface area contributed by atoms with Crippen molar-refractivity contribution in [3.63, 3.8) is 0 Å². The van der Waals surface area contributed by atoms with E-state index in [-0.39, 0.29) is 31.9 Å². The summed E-state index contributed by atoms with van der Waals surface area (Å²) in [5, 5.41) is 12.3. The van der Waals surface area contributed by atoms with Crippen LogP contribution in [0.1, 0.15) is 142 Å². The number of aliphatic hydroxyl groups excluding tert-OH is 1. The molecule has 0 saturated heterocycles. The Bertz CT molecular complexity index is 502. The molecule has 1 atom stereocenters. The Hall–Kier alpha value is -1.18. The van der Waals surface area contributed by atoms with Gasteiger partial charge in [0, 0.05) is 26.5 Å². The van der Waals surface area contributed by atoms with Crippen LogP contribution in [0.15, 0.2) is 0 Å². The third-order valence-corrected chi connectivity index (χ3v) is 6.55. The van der Waals surface area contributed by atoms with Gasteiger partial charge in [-0.15, -0.1) is 0 Å². The molecule has 0 aromatic carbocycles. The minimum Gasteiger partial charge on any atom is -0.457 e. The predicted molar refractivity (Wildman–Crippen MR) is 150 cm³/mol. The molecule has 0 aliphatic carbocycles. The van der Waals surface area contributed by atoms with Crippen molar-refractivity contribution in [3.05, 3.63) is 0 Å². The highest BCUT2D eigenvalue weighted by Gasteiger charge is 2.13. The lowest BCUT2D eigenvalue weighted by molar-refractivity contribution is -0.159. The summed E-state index contributed by atoms with van der Waals surface area (Å²) in [6.45, 7) is 5.35. The molecule has 0 bridgehead atoms. The average molecular weight is 530 g/mol. The molecule has 7 nitrogen and oxygen atoms in total. The van der Waals surface area contributed by atoms with Gasteiger partial charge >= 0.3 is 5.97 Å². The van der Waals surface area contributed by atoms with Crippen LogP contribution < -0.4 is 5.32 Å². The number of unbranched alkanes of at least 4 members (excludes halogenated alkanes) is 17. The van der Waals surface area contributed by atoms with E-state index in [9.17, 15) is 14.7 Å². The zero-order valence-corrected chi connectivity index (χ0v) is 24.2. The second-order valence-electron chi connectivity index (χ2n) is 10.3. The number of esters is 1. The summed E-state index contributed by atoms with van der Waals surface area (Å²) in [6.07, 6.45) is 22.7. The molecule has 0 aromatic rings. The average Bonchev–Trinajstić information content (AvgIpc) is 2.88. The SMILES string of the molecule is CCCCCCCCCCCC(=O)O[C@H](CO)COCOCCCCCCCCCCCCNC(C)=O. The molecule has 0 fully saturated rings. The van der Waals surface area contributed by atoms with E-state index in [0.29, 0.717) is 13.0 Å². The van der Waals surface area contributed by atoms with E-state index in [1.165, 1.54) is 89.9 Å². The van der Waals surface area contributed by atoms with Gasteiger partial charge in [0.25, 0.3) is 0 Å². The minimum absolute atomic E-state index is 0.0607. The topological polar surface area (TPSA) is 94.1 Å². The minimum atomic E-state index is -0.619. The first-order chi connectivity index (χ1) is 18.1. The standard InChI is InChI=1S/C30H59NO6/c1-3-4-5-6-7-10-13-16-19-22-30(34)37-29(25-32)26-36-27-35-24-21-18-15-12-9-8-11-14-17-20-23-31-28(2)33/h29,32H,3-27H2,1-2H3,(H,31,33)/t29-/m1/s1. The molecular weight excluding hydrogens is 470 g/mol. The van der Waals surface area contributed by atoms with Crippen LogP contribution in [0, 0.1) is 0 Å². The van der Waals surface area contributed by atoms with Crippen molar-refractivity contribution in [1.29, 1.82) is 0 Å². The van der Waals surface area contributed by atoms with Gasteiger partial charge in [0.05, 0.1) is 13.2 Å². The molecule has 37 heavy (non-hydrogen) atoms. The Morgan fingerprint density at radius 1 is 0.703 bits per heavy atom. The van der Waals surface area contributed by atoms with Crippen LogP contribution in [0.5, 0.6) is 0 Å². The monoisotopic (exact) mass is 529 g/mol. The highest BCUT2D eigenvalue weighted by atomic mass is 16.7. The van der Waals surface area contributed by atoms with Gasteiger partial charge in [-0.25, -0.2) is 0 Å². The van der Waals surface area contributed by atoms with Crippen LogP contribution in [0.2, 0.25) is 0 Å². The van der Waals surface area contributed by atoms with Crippen molar-refractivity contribution in [1.82, 2.24) is 5.32 Å². The molecule has 0 aliphatic heterocycles. The first-order valence-corrected chi connectivity index (χ1v) is 15.3. The summed E-state index contributed by atoms with van der Waals surface area (Å²) in [7, 11) is 0. The Morgan fingerprint density at radius 3 is 1.76 bits per heavy atom. The lowest BCUT2D eigenvalue weighted by Crippen LogP contribution is -2.27. The molecule has 0 spiro atoms. The first kappa shape index (κ1) is 35.8. The molecule has 0 saturated carbocycles. The van der Waals surface area contributed by atoms with Gasteiger partial charge in [-0.05, 0) is 19.3 Å². The maximum Gasteiger partial charge on any atom is 0.306 e. The normalized spacial score (nSPS) is 12.0. The van der Waals surface area contributed by atoms with Crippen molar-refractivity contribution in [2.24, 2.45) is 0 Å². The summed E-state index contributed by atoms with van der Waals surface area (Å²) in [5.74, 6) is -0.195. The van der Waals surface area contributed by atoms with Gasteiger partial charge in [0.2, 0.25) is 5.91 Å². The molecule has 0 rings (SSSR count). The van der Waals surface area contributed by atoms with Crippen LogP contribution in [-0.2, 0) is 23.8 Å². The first-order valence-electron chi connectivity index (χ1n) is 15.3. The van der Waals surface area contributed by atoms with Crippen molar-refractivity contribution >= 4 is 11.9 Å². The summed E-state index contributed by atoms with van der Waals surface area (Å²) < 4.78 is 16.2. The zero-order valence-electron chi connectivity index (χ0n) is 24.2. The van der Waals surface area contributed by atoms with Gasteiger partial charge in [-0.1, -0.05) is 110 Å². The Labute approximate surface area is 227 Å². The quantitative estimate of drug-likeness (QED) is 0.0626. The number of carbonyl (C=O) groups is 2. The fourth-order valence-corrected chi connectivity index (χ4v) is 4.25. The molecule has 0 aromatic heterocycles. The molecule has 0 unspecified atom stereocenters. The highest BCUT2D eigenvalue weighted by Crippen LogP contribution is 2.12. The molecule has 0 aliphatic rings. The maximum atomic E-state index is 12.0. The molecule has 7 heteroatoms. The largest absolute Gasteiger partial charge is 0.457 e. The van der Waals surface area contributed by atoms with Gasteiger partial charge in [-0.2, -0.15) is 0 Å². The predicted octanol–water partition coefficient (Wildman–Crippen LogP) is 6.84. The fraction of sp³-hybridized carbons (Fsp3) is 0.933. The van der Waals surface area contributed by atoms with Crippen LogP contribution in [0.4, 0.5) is 0 Å². The van der Waals surface area contributed by atoms with E-state index in [2.05, 4.69) is 12.2 Å². The number of hydrogen-bond acceptors (Lipinski definition) is 6. The van der Waals surface area contributed by atoms with E-state index in [1.807, 2.05) is 0 Å². The number of amides is 1. The van der Waals surface area contributed by atoms with Crippen molar-refractivity contribution in [2.75, 3.05) is 33.2 Å². The summed E-state index contributed by atoms with van der Waals surface area (Å²) in [6, 6.07) is 0. The van der Waals surface area contributed by atoms with Crippen molar-refractivity contribution in [2.45, 2.75) is 148 Å². The lowest BCUT2D eigenvalue weighted by atomic mass is 10.1. The third-order valence-electron chi connectivity index (χ3n) is 6.55. The van der Waals surface area contributed by atoms with E-state index in [0.717, 1.165) is 38.6 Å². The number of aliphatic hydroxyl groups is 1. The molecule has 2 N–H and O–H groups in total. The fourth-order valence-electron chi connectivity index (χ4n) is 4.25. The lowest BCUT2D eigenvalue weighted by Gasteiger charge is -2.16. The highest BCUT2D eigenvalue weighted by molar-refractivity contribution is 5.72. The Kier molecular flexibility index (Phi) is 28.4. The zero-order chi connectivity index (χ0) is 27.2. The number of ether oxygens (including phenoxy) is 3. The number of hydrogen-bond donors (Lipinski definition) is 2. The third kappa shape index (κ3) is 29.2. The Balaban J connectivity index is 3.38. The Morgan fingerprint density at radius 2 is 1.22 bits per heavy atom. The molecule has 0 heterocycles. The van der Waals surface area contributed by atoms with E-state index < -0.39 is 6.10 Å². The number of carbonyl (C=O) groups excluding carboxylic acids is 2. The molecule has 220 valence electrons.